The number of hydrogen-bond donors (Lipinski definition) is 2. The summed E-state index contributed by atoms with van der Waals surface area (Å²) in [5, 5.41) is 19.8. The van der Waals surface area contributed by atoms with Crippen LogP contribution in [0.2, 0.25) is 0 Å². The minimum absolute atomic E-state index is 0.231. The summed E-state index contributed by atoms with van der Waals surface area (Å²) >= 11 is 0. The highest BCUT2D eigenvalue weighted by Gasteiger charge is 2.30. The smallest absolute Gasteiger partial charge is 0.115 e. The Morgan fingerprint density at radius 3 is 1.91 bits per heavy atom. The second-order valence-corrected chi connectivity index (χ2v) is 5.93. The summed E-state index contributed by atoms with van der Waals surface area (Å²) in [6.07, 6.45) is 2.45. The third-order valence-corrected chi connectivity index (χ3v) is 4.23. The van der Waals surface area contributed by atoms with E-state index in [4.69, 9.17) is 0 Å². The Morgan fingerprint density at radius 1 is 0.826 bits per heavy atom. The normalized spacial score (nSPS) is 11.3. The lowest BCUT2D eigenvalue weighted by Gasteiger charge is -2.31. The van der Waals surface area contributed by atoms with Gasteiger partial charge in [0.25, 0.3) is 0 Å². The Labute approximate surface area is 135 Å². The minimum Gasteiger partial charge on any atom is -0.508 e. The summed E-state index contributed by atoms with van der Waals surface area (Å²) in [6, 6.07) is 20.4. The number of benzene rings is 2. The molecule has 0 atom stereocenters. The topological polar surface area (TPSA) is 53.4 Å². The van der Waals surface area contributed by atoms with Gasteiger partial charge in [-0.25, -0.2) is 0 Å². The summed E-state index contributed by atoms with van der Waals surface area (Å²) in [7, 11) is 0. The summed E-state index contributed by atoms with van der Waals surface area (Å²) in [5.41, 5.74) is 2.51. The molecule has 0 aliphatic carbocycles. The van der Waals surface area contributed by atoms with Crippen LogP contribution in [0.25, 0.3) is 0 Å². The summed E-state index contributed by atoms with van der Waals surface area (Å²) in [4.78, 5) is 4.43. The fraction of sp³-hybridized carbons (Fsp3) is 0.150. The van der Waals surface area contributed by atoms with E-state index in [-0.39, 0.29) is 11.5 Å². The number of phenols is 2. The van der Waals surface area contributed by atoms with E-state index in [9.17, 15) is 10.2 Å². The first-order valence-electron chi connectivity index (χ1n) is 7.57. The molecule has 0 amide bonds. The van der Waals surface area contributed by atoms with Crippen molar-refractivity contribution in [2.24, 2.45) is 0 Å². The van der Waals surface area contributed by atoms with Crippen molar-refractivity contribution in [3.8, 4) is 11.5 Å². The van der Waals surface area contributed by atoms with Crippen LogP contribution in [0.15, 0.2) is 72.9 Å². The van der Waals surface area contributed by atoms with Crippen LogP contribution in [0.1, 0.15) is 23.7 Å². The first-order valence-corrected chi connectivity index (χ1v) is 7.57. The molecule has 0 fully saturated rings. The number of pyridine rings is 1. The summed E-state index contributed by atoms with van der Waals surface area (Å²) in [5.74, 6) is 0.463. The average Bonchev–Trinajstić information content (AvgIpc) is 2.56. The molecule has 0 aliphatic rings. The maximum absolute atomic E-state index is 9.88. The van der Waals surface area contributed by atoms with Crippen LogP contribution < -0.4 is 0 Å². The SMILES string of the molecule is CC(Cc1ccccn1)(c1cccc(O)c1)c1cccc(O)c1. The highest BCUT2D eigenvalue weighted by Crippen LogP contribution is 2.37. The third-order valence-electron chi connectivity index (χ3n) is 4.23. The summed E-state index contributed by atoms with van der Waals surface area (Å²) < 4.78 is 0. The van der Waals surface area contributed by atoms with Gasteiger partial charge in [0.15, 0.2) is 0 Å². The Morgan fingerprint density at radius 2 is 1.43 bits per heavy atom. The molecule has 0 aliphatic heterocycles. The number of hydrogen-bond acceptors (Lipinski definition) is 3. The molecule has 3 heteroatoms. The van der Waals surface area contributed by atoms with Gasteiger partial charge in [-0.3, -0.25) is 4.98 Å². The predicted octanol–water partition coefficient (Wildman–Crippen LogP) is 4.04. The van der Waals surface area contributed by atoms with Gasteiger partial charge in [-0.1, -0.05) is 37.3 Å². The van der Waals surface area contributed by atoms with Crippen LogP contribution in [-0.2, 0) is 11.8 Å². The molecule has 2 aromatic carbocycles. The van der Waals surface area contributed by atoms with Crippen molar-refractivity contribution in [2.75, 3.05) is 0 Å². The second-order valence-electron chi connectivity index (χ2n) is 5.93. The third kappa shape index (κ3) is 3.19. The highest BCUT2D eigenvalue weighted by atomic mass is 16.3. The molecule has 0 saturated carbocycles. The molecule has 0 bridgehead atoms. The van der Waals surface area contributed by atoms with Crippen molar-refractivity contribution in [2.45, 2.75) is 18.8 Å². The van der Waals surface area contributed by atoms with E-state index in [1.54, 1.807) is 30.5 Å². The van der Waals surface area contributed by atoms with Crippen LogP contribution in [-0.4, -0.2) is 15.2 Å². The van der Waals surface area contributed by atoms with Crippen molar-refractivity contribution < 1.29 is 10.2 Å². The zero-order valence-electron chi connectivity index (χ0n) is 13.0. The van der Waals surface area contributed by atoms with Gasteiger partial charge in [-0.2, -0.15) is 0 Å². The van der Waals surface area contributed by atoms with Gasteiger partial charge in [0.05, 0.1) is 0 Å². The van der Waals surface area contributed by atoms with E-state index in [0.717, 1.165) is 16.8 Å². The lowest BCUT2D eigenvalue weighted by molar-refractivity contribution is 0.466. The maximum atomic E-state index is 9.88. The molecule has 0 unspecified atom stereocenters. The Hall–Kier alpha value is -2.81. The molecule has 116 valence electrons. The largest absolute Gasteiger partial charge is 0.508 e. The van der Waals surface area contributed by atoms with Crippen LogP contribution >= 0.6 is 0 Å². The molecule has 3 aromatic rings. The zero-order valence-corrected chi connectivity index (χ0v) is 13.0. The van der Waals surface area contributed by atoms with E-state index in [2.05, 4.69) is 11.9 Å². The molecule has 0 radical (unpaired) electrons. The fourth-order valence-electron chi connectivity index (χ4n) is 2.93. The number of aromatic nitrogens is 1. The van der Waals surface area contributed by atoms with Gasteiger partial charge in [0.1, 0.15) is 11.5 Å². The van der Waals surface area contributed by atoms with E-state index >= 15 is 0 Å². The van der Waals surface area contributed by atoms with E-state index in [1.807, 2.05) is 42.5 Å². The molecule has 3 rings (SSSR count). The average molecular weight is 305 g/mol. The standard InChI is InChI=1S/C20H19NO2/c1-20(14-17-8-2-3-11-21-17,15-6-4-9-18(22)12-15)16-7-5-10-19(23)13-16/h2-13,22-23H,14H2,1H3. The molecule has 2 N–H and O–H groups in total. The molecule has 0 saturated heterocycles. The number of phenolic OH excluding ortho intramolecular Hbond substituents is 2. The van der Waals surface area contributed by atoms with Crippen molar-refractivity contribution >= 4 is 0 Å². The predicted molar refractivity (Wildman–Crippen MR) is 90.6 cm³/mol. The molecule has 3 nitrogen and oxygen atoms in total. The quantitative estimate of drug-likeness (QED) is 0.765. The Kier molecular flexibility index (Phi) is 4.02. The number of aromatic hydroxyl groups is 2. The Bertz CT molecular complexity index is 754. The van der Waals surface area contributed by atoms with E-state index in [0.29, 0.717) is 6.42 Å². The molecular formula is C20H19NO2. The van der Waals surface area contributed by atoms with Gasteiger partial charge in [0, 0.05) is 23.7 Å². The molecule has 23 heavy (non-hydrogen) atoms. The summed E-state index contributed by atoms with van der Waals surface area (Å²) in [6.45, 7) is 2.10. The minimum atomic E-state index is -0.411. The van der Waals surface area contributed by atoms with Gasteiger partial charge in [0.2, 0.25) is 0 Å². The van der Waals surface area contributed by atoms with Gasteiger partial charge < -0.3 is 10.2 Å². The monoisotopic (exact) mass is 305 g/mol. The zero-order chi connectivity index (χ0) is 16.3. The Balaban J connectivity index is 2.13. The molecule has 0 spiro atoms. The first-order chi connectivity index (χ1) is 11.1. The van der Waals surface area contributed by atoms with E-state index in [1.165, 1.54) is 0 Å². The first kappa shape index (κ1) is 15.1. The van der Waals surface area contributed by atoms with Crippen LogP contribution in [0.4, 0.5) is 0 Å². The second kappa shape index (κ2) is 6.13. The van der Waals surface area contributed by atoms with Gasteiger partial charge in [-0.05, 0) is 47.5 Å². The van der Waals surface area contributed by atoms with Crippen molar-refractivity contribution in [1.82, 2.24) is 4.98 Å². The van der Waals surface area contributed by atoms with Crippen molar-refractivity contribution in [1.29, 1.82) is 0 Å². The fourth-order valence-corrected chi connectivity index (χ4v) is 2.93. The van der Waals surface area contributed by atoms with Crippen molar-refractivity contribution in [3.05, 3.63) is 89.7 Å². The lowest BCUT2D eigenvalue weighted by Crippen LogP contribution is -2.27. The molecule has 1 aromatic heterocycles. The van der Waals surface area contributed by atoms with Crippen molar-refractivity contribution in [3.63, 3.8) is 0 Å². The number of nitrogens with zero attached hydrogens (tertiary/aromatic N) is 1. The number of rotatable bonds is 4. The van der Waals surface area contributed by atoms with Crippen LogP contribution in [0.3, 0.4) is 0 Å². The van der Waals surface area contributed by atoms with Crippen LogP contribution in [0.5, 0.6) is 11.5 Å². The highest BCUT2D eigenvalue weighted by molar-refractivity contribution is 5.44. The van der Waals surface area contributed by atoms with E-state index < -0.39 is 5.41 Å². The van der Waals surface area contributed by atoms with Gasteiger partial charge in [-0.15, -0.1) is 0 Å². The lowest BCUT2D eigenvalue weighted by atomic mass is 9.73. The molecular weight excluding hydrogens is 286 g/mol. The molecule has 1 heterocycles. The maximum Gasteiger partial charge on any atom is 0.115 e. The van der Waals surface area contributed by atoms with Crippen LogP contribution in [0, 0.1) is 0 Å². The van der Waals surface area contributed by atoms with Gasteiger partial charge >= 0.3 is 0 Å².